The Labute approximate surface area is 109 Å². The van der Waals surface area contributed by atoms with Crippen LogP contribution in [0.5, 0.6) is 0 Å². The van der Waals surface area contributed by atoms with Gasteiger partial charge in [-0.3, -0.25) is 0 Å². The van der Waals surface area contributed by atoms with Crippen molar-refractivity contribution < 1.29 is 19.3 Å². The first-order valence-corrected chi connectivity index (χ1v) is 8.56. The SMILES string of the molecule is CC12CCOC1P([C@@]13CCO[C@@H]1OCC3O)CC2. The maximum atomic E-state index is 10.5. The van der Waals surface area contributed by atoms with Gasteiger partial charge in [-0.15, -0.1) is 0 Å². The summed E-state index contributed by atoms with van der Waals surface area (Å²) in [6.45, 7) is 4.41. The van der Waals surface area contributed by atoms with Gasteiger partial charge in [-0.2, -0.15) is 0 Å². The summed E-state index contributed by atoms with van der Waals surface area (Å²) in [5.74, 6) is 0.355. The summed E-state index contributed by atoms with van der Waals surface area (Å²) in [6.07, 6.45) is 4.03. The van der Waals surface area contributed by atoms with Crippen molar-refractivity contribution in [2.24, 2.45) is 5.41 Å². The Morgan fingerprint density at radius 2 is 1.94 bits per heavy atom. The highest BCUT2D eigenvalue weighted by molar-refractivity contribution is 7.60. The molecule has 4 aliphatic rings. The summed E-state index contributed by atoms with van der Waals surface area (Å²) in [6, 6.07) is 0. The van der Waals surface area contributed by atoms with Gasteiger partial charge in [0.25, 0.3) is 0 Å². The van der Waals surface area contributed by atoms with Crippen LogP contribution < -0.4 is 0 Å². The summed E-state index contributed by atoms with van der Waals surface area (Å²) in [5, 5.41) is 10.3. The molecule has 5 heteroatoms. The number of aliphatic hydroxyl groups is 1. The van der Waals surface area contributed by atoms with E-state index in [0.717, 1.165) is 19.6 Å². The molecule has 6 atom stereocenters. The average molecular weight is 272 g/mol. The second-order valence-corrected chi connectivity index (χ2v) is 9.05. The summed E-state index contributed by atoms with van der Waals surface area (Å²) in [5.41, 5.74) is 0.343. The van der Waals surface area contributed by atoms with E-state index in [1.54, 1.807) is 0 Å². The molecule has 4 nitrogen and oxygen atoms in total. The minimum absolute atomic E-state index is 0.137. The normalized spacial score (nSPS) is 59.0. The molecule has 102 valence electrons. The van der Waals surface area contributed by atoms with Gasteiger partial charge in [0.1, 0.15) is 0 Å². The zero-order chi connectivity index (χ0) is 12.4. The average Bonchev–Trinajstić information content (AvgIpc) is 3.01. The maximum absolute atomic E-state index is 10.5. The molecule has 0 aromatic rings. The topological polar surface area (TPSA) is 47.9 Å². The fraction of sp³-hybridized carbons (Fsp3) is 1.00. The molecular formula is C13H21O4P. The number of hydrogen-bond donors (Lipinski definition) is 1. The van der Waals surface area contributed by atoms with E-state index in [1.807, 2.05) is 0 Å². The van der Waals surface area contributed by atoms with Gasteiger partial charge in [0.15, 0.2) is 6.29 Å². The Morgan fingerprint density at radius 3 is 2.83 bits per heavy atom. The van der Waals surface area contributed by atoms with Crippen molar-refractivity contribution in [1.82, 2.24) is 0 Å². The number of ether oxygens (including phenoxy) is 3. The Morgan fingerprint density at radius 1 is 1.11 bits per heavy atom. The third-order valence-corrected chi connectivity index (χ3v) is 9.30. The van der Waals surface area contributed by atoms with Gasteiger partial charge in [0.2, 0.25) is 0 Å². The van der Waals surface area contributed by atoms with E-state index in [-0.39, 0.29) is 25.5 Å². The van der Waals surface area contributed by atoms with Crippen LogP contribution in [0.15, 0.2) is 0 Å². The first-order valence-electron chi connectivity index (χ1n) is 6.96. The first kappa shape index (κ1) is 12.0. The first-order chi connectivity index (χ1) is 8.67. The molecular weight excluding hydrogens is 251 g/mol. The number of fused-ring (bicyclic) bond motifs is 2. The summed E-state index contributed by atoms with van der Waals surface area (Å²) in [4.78, 5) is 0. The van der Waals surface area contributed by atoms with Crippen LogP contribution in [-0.2, 0) is 14.2 Å². The predicted molar refractivity (Wildman–Crippen MR) is 67.9 cm³/mol. The van der Waals surface area contributed by atoms with Gasteiger partial charge in [0, 0.05) is 12.0 Å². The monoisotopic (exact) mass is 272 g/mol. The Balaban J connectivity index is 1.70. The highest BCUT2D eigenvalue weighted by Crippen LogP contribution is 2.73. The molecule has 0 radical (unpaired) electrons. The van der Waals surface area contributed by atoms with E-state index < -0.39 is 0 Å². The predicted octanol–water partition coefficient (Wildman–Crippen LogP) is 1.50. The molecule has 4 fully saturated rings. The lowest BCUT2D eigenvalue weighted by atomic mass is 9.87. The van der Waals surface area contributed by atoms with Crippen LogP contribution in [0, 0.1) is 5.41 Å². The van der Waals surface area contributed by atoms with Gasteiger partial charge in [-0.25, -0.2) is 0 Å². The quantitative estimate of drug-likeness (QED) is 0.735. The molecule has 1 N–H and O–H groups in total. The van der Waals surface area contributed by atoms with E-state index in [0.29, 0.717) is 17.9 Å². The van der Waals surface area contributed by atoms with Crippen molar-refractivity contribution in [3.05, 3.63) is 0 Å². The van der Waals surface area contributed by atoms with Crippen LogP contribution in [0.2, 0.25) is 0 Å². The van der Waals surface area contributed by atoms with Gasteiger partial charge < -0.3 is 19.3 Å². The number of rotatable bonds is 1. The molecule has 0 saturated carbocycles. The van der Waals surface area contributed by atoms with E-state index in [4.69, 9.17) is 14.2 Å². The molecule has 0 aromatic heterocycles. The van der Waals surface area contributed by atoms with E-state index in [1.165, 1.54) is 19.0 Å². The summed E-state index contributed by atoms with van der Waals surface area (Å²) < 4.78 is 17.5. The minimum atomic E-state index is -0.359. The second-order valence-electron chi connectivity index (χ2n) is 6.36. The highest BCUT2D eigenvalue weighted by atomic mass is 31.1. The Bertz CT molecular complexity index is 365. The number of hydrogen-bond acceptors (Lipinski definition) is 4. The van der Waals surface area contributed by atoms with Crippen molar-refractivity contribution in [3.63, 3.8) is 0 Å². The molecule has 4 unspecified atom stereocenters. The standard InChI is InChI=1S/C13H21O4P/c1-12-2-5-16-11(12)18(7-4-12)13-3-6-15-10(13)17-8-9(13)14/h9-11,14H,2-8H2,1H3/t9?,10-,11?,12?,13-,18?/m1/s1. The second kappa shape index (κ2) is 3.89. The van der Waals surface area contributed by atoms with Crippen LogP contribution in [0.25, 0.3) is 0 Å². The number of aliphatic hydroxyl groups excluding tert-OH is 1. The van der Waals surface area contributed by atoms with Crippen molar-refractivity contribution in [2.75, 3.05) is 26.0 Å². The lowest BCUT2D eigenvalue weighted by Crippen LogP contribution is -2.44. The zero-order valence-corrected chi connectivity index (χ0v) is 11.7. The van der Waals surface area contributed by atoms with Crippen LogP contribution in [0.4, 0.5) is 0 Å². The highest BCUT2D eigenvalue weighted by Gasteiger charge is 2.65. The molecule has 0 aromatic carbocycles. The van der Waals surface area contributed by atoms with Crippen LogP contribution in [0.3, 0.4) is 0 Å². The van der Waals surface area contributed by atoms with Gasteiger partial charge in [0.05, 0.1) is 30.3 Å². The molecule has 4 heterocycles. The molecule has 4 rings (SSSR count). The van der Waals surface area contributed by atoms with E-state index >= 15 is 0 Å². The molecule has 4 saturated heterocycles. The Kier molecular flexibility index (Phi) is 2.60. The van der Waals surface area contributed by atoms with Crippen LogP contribution in [0.1, 0.15) is 26.2 Å². The third-order valence-electron chi connectivity index (χ3n) is 5.45. The zero-order valence-electron chi connectivity index (χ0n) is 10.8. The summed E-state index contributed by atoms with van der Waals surface area (Å²) >= 11 is 0. The summed E-state index contributed by atoms with van der Waals surface area (Å²) in [7, 11) is -0.358. The van der Waals surface area contributed by atoms with Gasteiger partial charge in [-0.05, 0) is 25.4 Å². The van der Waals surface area contributed by atoms with Crippen molar-refractivity contribution in [3.8, 4) is 0 Å². The van der Waals surface area contributed by atoms with Crippen LogP contribution in [-0.4, -0.2) is 54.5 Å². The molecule has 0 aliphatic carbocycles. The lowest BCUT2D eigenvalue weighted by molar-refractivity contribution is -0.0874. The molecule has 0 bridgehead atoms. The molecule has 18 heavy (non-hydrogen) atoms. The van der Waals surface area contributed by atoms with Gasteiger partial charge in [-0.1, -0.05) is 14.8 Å². The largest absolute Gasteiger partial charge is 0.390 e. The van der Waals surface area contributed by atoms with Crippen molar-refractivity contribution >= 4 is 7.92 Å². The van der Waals surface area contributed by atoms with Crippen LogP contribution >= 0.6 is 7.92 Å². The lowest BCUT2D eigenvalue weighted by Gasteiger charge is -2.39. The van der Waals surface area contributed by atoms with Crippen molar-refractivity contribution in [1.29, 1.82) is 0 Å². The molecule has 0 spiro atoms. The van der Waals surface area contributed by atoms with Crippen molar-refractivity contribution in [2.45, 2.75) is 49.6 Å². The molecule has 4 aliphatic heterocycles. The smallest absolute Gasteiger partial charge is 0.169 e. The minimum Gasteiger partial charge on any atom is -0.390 e. The maximum Gasteiger partial charge on any atom is 0.169 e. The fourth-order valence-electron chi connectivity index (χ4n) is 4.26. The van der Waals surface area contributed by atoms with E-state index in [9.17, 15) is 5.11 Å². The van der Waals surface area contributed by atoms with E-state index in [2.05, 4.69) is 6.92 Å². The Hall–Kier alpha value is 0.270. The van der Waals surface area contributed by atoms with Gasteiger partial charge >= 0.3 is 0 Å². The fourth-order valence-corrected chi connectivity index (χ4v) is 8.65. The third kappa shape index (κ3) is 1.34. The molecule has 0 amide bonds.